The molecule has 0 amide bonds. The molecule has 2 aromatic rings. The lowest BCUT2D eigenvalue weighted by molar-refractivity contribution is 0.101. The third-order valence-corrected chi connectivity index (χ3v) is 4.40. The van der Waals surface area contributed by atoms with E-state index in [4.69, 9.17) is 4.52 Å². The van der Waals surface area contributed by atoms with Gasteiger partial charge in [0.2, 0.25) is 5.89 Å². The van der Waals surface area contributed by atoms with E-state index in [0.29, 0.717) is 11.7 Å². The van der Waals surface area contributed by atoms with E-state index >= 15 is 0 Å². The van der Waals surface area contributed by atoms with Crippen LogP contribution in [0.3, 0.4) is 0 Å². The molecule has 0 aliphatic carbocycles. The van der Waals surface area contributed by atoms with Gasteiger partial charge in [-0.1, -0.05) is 5.16 Å². The highest BCUT2D eigenvalue weighted by atomic mass is 16.5. The maximum Gasteiger partial charge on any atom is 0.243 e. The van der Waals surface area contributed by atoms with Gasteiger partial charge in [-0.05, 0) is 45.0 Å². The summed E-state index contributed by atoms with van der Waals surface area (Å²) in [5.41, 5.74) is 1.92. The lowest BCUT2D eigenvalue weighted by Gasteiger charge is -2.38. The second-order valence-electron chi connectivity index (χ2n) is 5.98. The van der Waals surface area contributed by atoms with Gasteiger partial charge in [-0.2, -0.15) is 4.98 Å². The smallest absolute Gasteiger partial charge is 0.243 e. The van der Waals surface area contributed by atoms with Crippen LogP contribution in [0.4, 0.5) is 5.69 Å². The Morgan fingerprint density at radius 1 is 1.17 bits per heavy atom. The van der Waals surface area contributed by atoms with Crippen LogP contribution < -0.4 is 4.90 Å². The first-order valence-corrected chi connectivity index (χ1v) is 7.95. The summed E-state index contributed by atoms with van der Waals surface area (Å²) in [6.07, 6.45) is 0. The number of hydrogen-bond acceptors (Lipinski definition) is 6. The molecule has 1 fully saturated rings. The molecule has 6 heteroatoms. The number of benzene rings is 1. The minimum Gasteiger partial charge on any atom is -0.369 e. The fraction of sp³-hybridized carbons (Fsp3) is 0.471. The highest BCUT2D eigenvalue weighted by molar-refractivity contribution is 5.94. The zero-order valence-corrected chi connectivity index (χ0v) is 13.8. The molecule has 0 N–H and O–H groups in total. The fourth-order valence-corrected chi connectivity index (χ4v) is 2.91. The molecule has 122 valence electrons. The number of anilines is 1. The van der Waals surface area contributed by atoms with Crippen LogP contribution in [0.2, 0.25) is 0 Å². The number of hydrogen-bond donors (Lipinski definition) is 0. The van der Waals surface area contributed by atoms with Gasteiger partial charge in [-0.25, -0.2) is 0 Å². The summed E-state index contributed by atoms with van der Waals surface area (Å²) in [6, 6.07) is 7.98. The standard InChI is InChI=1S/C17H22N4O2/c1-12(17-18-14(3)19-23-17)20-8-10-21(11-9-20)16-6-4-15(5-7-16)13(2)22/h4-7,12H,8-11H2,1-3H3/t12-/m0/s1. The third kappa shape index (κ3) is 3.42. The zero-order chi connectivity index (χ0) is 16.4. The minimum absolute atomic E-state index is 0.102. The van der Waals surface area contributed by atoms with E-state index in [1.807, 2.05) is 31.2 Å². The summed E-state index contributed by atoms with van der Waals surface area (Å²) in [7, 11) is 0. The minimum atomic E-state index is 0.102. The topological polar surface area (TPSA) is 62.5 Å². The lowest BCUT2D eigenvalue weighted by atomic mass is 10.1. The molecule has 6 nitrogen and oxygen atoms in total. The van der Waals surface area contributed by atoms with Crippen molar-refractivity contribution in [2.45, 2.75) is 26.8 Å². The van der Waals surface area contributed by atoms with Crippen molar-refractivity contribution in [3.63, 3.8) is 0 Å². The Labute approximate surface area is 136 Å². The van der Waals surface area contributed by atoms with Crippen molar-refractivity contribution in [1.82, 2.24) is 15.0 Å². The molecule has 0 unspecified atom stereocenters. The molecule has 0 bridgehead atoms. The molecule has 23 heavy (non-hydrogen) atoms. The Hall–Kier alpha value is -2.21. The summed E-state index contributed by atoms with van der Waals surface area (Å²) in [4.78, 5) is 20.4. The number of aromatic nitrogens is 2. The number of carbonyl (C=O) groups excluding carboxylic acids is 1. The van der Waals surface area contributed by atoms with Gasteiger partial charge in [0.05, 0.1) is 6.04 Å². The van der Waals surface area contributed by atoms with Gasteiger partial charge in [-0.15, -0.1) is 0 Å². The monoisotopic (exact) mass is 314 g/mol. The Kier molecular flexibility index (Phi) is 4.43. The van der Waals surface area contributed by atoms with Crippen LogP contribution in [0, 0.1) is 6.92 Å². The predicted octanol–water partition coefficient (Wildman–Crippen LogP) is 2.46. The average Bonchev–Trinajstić information content (AvgIpc) is 3.01. The highest BCUT2D eigenvalue weighted by Crippen LogP contribution is 2.23. The van der Waals surface area contributed by atoms with Crippen LogP contribution in [0.25, 0.3) is 0 Å². The van der Waals surface area contributed by atoms with E-state index in [1.54, 1.807) is 6.92 Å². The number of Topliss-reactive ketones (excluding diaryl/α,β-unsaturated/α-hetero) is 1. The summed E-state index contributed by atoms with van der Waals surface area (Å²) >= 11 is 0. The molecule has 1 aliphatic rings. The SMILES string of the molecule is CC(=O)c1ccc(N2CCN([C@@H](C)c3nc(C)no3)CC2)cc1. The number of rotatable bonds is 4. The average molecular weight is 314 g/mol. The number of carbonyl (C=O) groups is 1. The molecule has 1 atom stereocenters. The number of piperazine rings is 1. The van der Waals surface area contributed by atoms with Crippen molar-refractivity contribution >= 4 is 11.5 Å². The quantitative estimate of drug-likeness (QED) is 0.808. The molecule has 1 aromatic carbocycles. The summed E-state index contributed by atoms with van der Waals surface area (Å²) in [5, 5.41) is 3.87. The van der Waals surface area contributed by atoms with Crippen molar-refractivity contribution in [2.75, 3.05) is 31.1 Å². The van der Waals surface area contributed by atoms with Crippen LogP contribution in [0.5, 0.6) is 0 Å². The molecule has 1 aliphatic heterocycles. The van der Waals surface area contributed by atoms with Gasteiger partial charge in [0.25, 0.3) is 0 Å². The maximum absolute atomic E-state index is 11.3. The normalized spacial score (nSPS) is 17.3. The molecule has 0 radical (unpaired) electrons. The van der Waals surface area contributed by atoms with Crippen LogP contribution >= 0.6 is 0 Å². The number of ketones is 1. The van der Waals surface area contributed by atoms with Crippen LogP contribution in [-0.2, 0) is 0 Å². The van der Waals surface area contributed by atoms with E-state index in [9.17, 15) is 4.79 Å². The Balaban J connectivity index is 1.60. The molecule has 1 saturated heterocycles. The van der Waals surface area contributed by atoms with Crippen LogP contribution in [0.1, 0.15) is 42.0 Å². The van der Waals surface area contributed by atoms with Crippen molar-refractivity contribution in [2.24, 2.45) is 0 Å². The van der Waals surface area contributed by atoms with Gasteiger partial charge >= 0.3 is 0 Å². The Morgan fingerprint density at radius 3 is 2.35 bits per heavy atom. The first kappa shape index (κ1) is 15.7. The Morgan fingerprint density at radius 2 is 1.83 bits per heavy atom. The van der Waals surface area contributed by atoms with E-state index in [2.05, 4.69) is 26.9 Å². The zero-order valence-electron chi connectivity index (χ0n) is 13.8. The summed E-state index contributed by atoms with van der Waals surface area (Å²) in [6.45, 7) is 9.29. The highest BCUT2D eigenvalue weighted by Gasteiger charge is 2.25. The molecular formula is C17H22N4O2. The van der Waals surface area contributed by atoms with Crippen LogP contribution in [0.15, 0.2) is 28.8 Å². The van der Waals surface area contributed by atoms with Crippen LogP contribution in [-0.4, -0.2) is 47.0 Å². The van der Waals surface area contributed by atoms with Gasteiger partial charge in [-0.3, -0.25) is 9.69 Å². The van der Waals surface area contributed by atoms with Crippen molar-refractivity contribution in [3.8, 4) is 0 Å². The van der Waals surface area contributed by atoms with E-state index < -0.39 is 0 Å². The maximum atomic E-state index is 11.3. The van der Waals surface area contributed by atoms with Gasteiger partial charge in [0.15, 0.2) is 11.6 Å². The van der Waals surface area contributed by atoms with Gasteiger partial charge in [0, 0.05) is 37.4 Å². The van der Waals surface area contributed by atoms with Crippen molar-refractivity contribution in [3.05, 3.63) is 41.5 Å². The fourth-order valence-electron chi connectivity index (χ4n) is 2.91. The van der Waals surface area contributed by atoms with Gasteiger partial charge < -0.3 is 9.42 Å². The predicted molar refractivity (Wildman–Crippen MR) is 87.7 cm³/mol. The summed E-state index contributed by atoms with van der Waals surface area (Å²) in [5.74, 6) is 1.46. The van der Waals surface area contributed by atoms with Crippen molar-refractivity contribution < 1.29 is 9.32 Å². The number of nitrogens with zero attached hydrogens (tertiary/aromatic N) is 4. The first-order chi connectivity index (χ1) is 11.0. The molecule has 0 saturated carbocycles. The molecule has 0 spiro atoms. The Bertz CT molecular complexity index is 672. The summed E-state index contributed by atoms with van der Waals surface area (Å²) < 4.78 is 5.28. The van der Waals surface area contributed by atoms with E-state index in [1.165, 1.54) is 0 Å². The molecule has 1 aromatic heterocycles. The second-order valence-corrected chi connectivity index (χ2v) is 5.98. The lowest BCUT2D eigenvalue weighted by Crippen LogP contribution is -2.47. The molecule has 3 rings (SSSR count). The second kappa shape index (κ2) is 6.50. The van der Waals surface area contributed by atoms with E-state index in [-0.39, 0.29) is 11.8 Å². The van der Waals surface area contributed by atoms with Gasteiger partial charge in [0.1, 0.15) is 0 Å². The largest absolute Gasteiger partial charge is 0.369 e. The first-order valence-electron chi connectivity index (χ1n) is 7.95. The van der Waals surface area contributed by atoms with Crippen molar-refractivity contribution in [1.29, 1.82) is 0 Å². The third-order valence-electron chi connectivity index (χ3n) is 4.40. The molecule has 2 heterocycles. The van der Waals surface area contributed by atoms with E-state index in [0.717, 1.165) is 37.4 Å². The molecular weight excluding hydrogens is 292 g/mol. The number of aryl methyl sites for hydroxylation is 1.